The third kappa shape index (κ3) is 3.45. The number of nitrogens with zero attached hydrogens (tertiary/aromatic N) is 1. The lowest BCUT2D eigenvalue weighted by Crippen LogP contribution is -2.53. The van der Waals surface area contributed by atoms with Crippen LogP contribution in [0.5, 0.6) is 0 Å². The van der Waals surface area contributed by atoms with E-state index in [0.29, 0.717) is 29.6 Å². The first-order valence-corrected chi connectivity index (χ1v) is 11.3. The van der Waals surface area contributed by atoms with Gasteiger partial charge in [-0.2, -0.15) is 0 Å². The van der Waals surface area contributed by atoms with Crippen molar-refractivity contribution in [2.75, 3.05) is 7.05 Å². The molecule has 25 heavy (non-hydrogen) atoms. The standard InChI is InChI=1S/C23H39NO/c1-15-6-4-8-17(12-15)20-14-19-10-11-21(24(19)3)22(20)23(25)18-9-5-7-16(2)13-18/h15-22H,4-14H2,1-3H3/t15?,16?,17?,18?,19-,20-,21?,22+/m1/s1. The predicted molar refractivity (Wildman–Crippen MR) is 103 cm³/mol. The van der Waals surface area contributed by atoms with Crippen molar-refractivity contribution in [2.24, 2.45) is 35.5 Å². The molecular formula is C23H39NO. The number of hydrogen-bond donors (Lipinski definition) is 0. The largest absolute Gasteiger partial charge is 0.300 e. The molecule has 142 valence electrons. The van der Waals surface area contributed by atoms with Crippen molar-refractivity contribution in [3.63, 3.8) is 0 Å². The summed E-state index contributed by atoms with van der Waals surface area (Å²) in [6.45, 7) is 4.80. The van der Waals surface area contributed by atoms with Gasteiger partial charge in [0.25, 0.3) is 0 Å². The number of Topliss-reactive ketones (excluding diaryl/α,β-unsaturated/α-hetero) is 1. The Morgan fingerprint density at radius 2 is 1.56 bits per heavy atom. The van der Waals surface area contributed by atoms with Gasteiger partial charge in [0.1, 0.15) is 5.78 Å². The lowest BCUT2D eigenvalue weighted by Gasteiger charge is -2.48. The summed E-state index contributed by atoms with van der Waals surface area (Å²) >= 11 is 0. The number of carbonyl (C=O) groups excluding carboxylic acids is 1. The molecule has 0 aromatic rings. The van der Waals surface area contributed by atoms with Crippen LogP contribution in [0.3, 0.4) is 0 Å². The smallest absolute Gasteiger partial charge is 0.140 e. The number of piperidine rings is 1. The van der Waals surface area contributed by atoms with E-state index in [9.17, 15) is 4.79 Å². The van der Waals surface area contributed by atoms with Crippen LogP contribution in [0.25, 0.3) is 0 Å². The van der Waals surface area contributed by atoms with E-state index in [2.05, 4.69) is 25.8 Å². The molecule has 2 bridgehead atoms. The summed E-state index contributed by atoms with van der Waals surface area (Å²) in [5, 5.41) is 0. The number of carbonyl (C=O) groups is 1. The fourth-order valence-electron chi connectivity index (χ4n) is 7.23. The molecule has 4 aliphatic rings. The highest BCUT2D eigenvalue weighted by atomic mass is 16.1. The highest BCUT2D eigenvalue weighted by Gasteiger charge is 2.51. The van der Waals surface area contributed by atoms with Crippen molar-refractivity contribution < 1.29 is 4.79 Å². The molecule has 2 aliphatic carbocycles. The molecular weight excluding hydrogens is 306 g/mol. The van der Waals surface area contributed by atoms with Crippen LogP contribution in [-0.2, 0) is 4.79 Å². The Morgan fingerprint density at radius 1 is 0.840 bits per heavy atom. The highest BCUT2D eigenvalue weighted by molar-refractivity contribution is 5.84. The van der Waals surface area contributed by atoms with Gasteiger partial charge in [-0.3, -0.25) is 9.69 Å². The Morgan fingerprint density at radius 3 is 2.28 bits per heavy atom. The zero-order chi connectivity index (χ0) is 17.6. The van der Waals surface area contributed by atoms with Gasteiger partial charge in [-0.15, -0.1) is 0 Å². The molecule has 0 aromatic heterocycles. The van der Waals surface area contributed by atoms with Gasteiger partial charge < -0.3 is 0 Å². The lowest BCUT2D eigenvalue weighted by molar-refractivity contribution is -0.136. The molecule has 0 aromatic carbocycles. The van der Waals surface area contributed by atoms with Crippen molar-refractivity contribution in [2.45, 2.75) is 96.6 Å². The molecule has 2 aliphatic heterocycles. The highest BCUT2D eigenvalue weighted by Crippen LogP contribution is 2.50. The van der Waals surface area contributed by atoms with Gasteiger partial charge in [0.15, 0.2) is 0 Å². The molecule has 2 saturated heterocycles. The minimum absolute atomic E-state index is 0.356. The lowest BCUT2D eigenvalue weighted by atomic mass is 9.63. The molecule has 2 heterocycles. The summed E-state index contributed by atoms with van der Waals surface area (Å²) < 4.78 is 0. The van der Waals surface area contributed by atoms with E-state index < -0.39 is 0 Å². The molecule has 0 spiro atoms. The maximum Gasteiger partial charge on any atom is 0.140 e. The van der Waals surface area contributed by atoms with Gasteiger partial charge in [-0.25, -0.2) is 0 Å². The minimum Gasteiger partial charge on any atom is -0.300 e. The molecule has 8 atom stereocenters. The number of ketones is 1. The molecule has 5 unspecified atom stereocenters. The van der Waals surface area contributed by atoms with Crippen molar-refractivity contribution >= 4 is 5.78 Å². The van der Waals surface area contributed by atoms with Crippen LogP contribution in [0.4, 0.5) is 0 Å². The Balaban J connectivity index is 1.57. The van der Waals surface area contributed by atoms with Crippen LogP contribution in [-0.4, -0.2) is 29.8 Å². The van der Waals surface area contributed by atoms with Gasteiger partial charge in [-0.1, -0.05) is 46.0 Å². The monoisotopic (exact) mass is 345 g/mol. The zero-order valence-electron chi connectivity index (χ0n) is 16.8. The van der Waals surface area contributed by atoms with Gasteiger partial charge in [-0.05, 0) is 69.2 Å². The van der Waals surface area contributed by atoms with Crippen LogP contribution in [0.2, 0.25) is 0 Å². The Labute approximate surface area is 155 Å². The van der Waals surface area contributed by atoms with Crippen LogP contribution >= 0.6 is 0 Å². The van der Waals surface area contributed by atoms with Crippen molar-refractivity contribution in [1.29, 1.82) is 0 Å². The van der Waals surface area contributed by atoms with E-state index in [1.54, 1.807) is 0 Å². The summed E-state index contributed by atoms with van der Waals surface area (Å²) in [5.74, 6) is 4.58. The third-order valence-corrected chi connectivity index (χ3v) is 8.56. The minimum atomic E-state index is 0.356. The van der Waals surface area contributed by atoms with Gasteiger partial charge in [0.05, 0.1) is 0 Å². The predicted octanol–water partition coefficient (Wildman–Crippen LogP) is 5.31. The summed E-state index contributed by atoms with van der Waals surface area (Å²) in [6, 6.07) is 1.33. The molecule has 0 radical (unpaired) electrons. The van der Waals surface area contributed by atoms with E-state index in [1.165, 1.54) is 70.6 Å². The topological polar surface area (TPSA) is 20.3 Å². The Hall–Kier alpha value is -0.370. The third-order valence-electron chi connectivity index (χ3n) is 8.56. The molecule has 0 amide bonds. The molecule has 2 nitrogen and oxygen atoms in total. The molecule has 2 saturated carbocycles. The first-order chi connectivity index (χ1) is 12.0. The molecule has 0 N–H and O–H groups in total. The zero-order valence-corrected chi connectivity index (χ0v) is 16.8. The second-order valence-electron chi connectivity index (χ2n) is 10.3. The van der Waals surface area contributed by atoms with Gasteiger partial charge in [0.2, 0.25) is 0 Å². The van der Waals surface area contributed by atoms with Crippen LogP contribution in [0.1, 0.15) is 84.5 Å². The fraction of sp³-hybridized carbons (Fsp3) is 0.957. The number of fused-ring (bicyclic) bond motifs is 2. The van der Waals surface area contributed by atoms with Crippen molar-refractivity contribution in [1.82, 2.24) is 4.90 Å². The average Bonchev–Trinajstić information content (AvgIpc) is 2.83. The SMILES string of the molecule is CC1CCCC(C(=O)[C@@H]2C3CC[C@H](C[C@@H]2C2CCCC(C)C2)N3C)C1. The van der Waals surface area contributed by atoms with Gasteiger partial charge >= 0.3 is 0 Å². The van der Waals surface area contributed by atoms with Gasteiger partial charge in [0, 0.05) is 23.9 Å². The van der Waals surface area contributed by atoms with E-state index >= 15 is 0 Å². The quantitative estimate of drug-likeness (QED) is 0.691. The summed E-state index contributed by atoms with van der Waals surface area (Å²) in [5.41, 5.74) is 0. The molecule has 2 heteroatoms. The maximum absolute atomic E-state index is 13.7. The fourth-order valence-corrected chi connectivity index (χ4v) is 7.23. The first kappa shape index (κ1) is 18.0. The normalized spacial score (nSPS) is 48.4. The van der Waals surface area contributed by atoms with Crippen molar-refractivity contribution in [3.8, 4) is 0 Å². The Kier molecular flexibility index (Phi) is 5.28. The van der Waals surface area contributed by atoms with Crippen LogP contribution in [0.15, 0.2) is 0 Å². The van der Waals surface area contributed by atoms with Crippen LogP contribution < -0.4 is 0 Å². The van der Waals surface area contributed by atoms with E-state index in [4.69, 9.17) is 0 Å². The number of rotatable bonds is 3. The average molecular weight is 346 g/mol. The van der Waals surface area contributed by atoms with E-state index in [-0.39, 0.29) is 0 Å². The number of hydrogen-bond acceptors (Lipinski definition) is 2. The summed E-state index contributed by atoms with van der Waals surface area (Å²) in [6.07, 6.45) is 14.5. The molecule has 4 rings (SSSR count). The van der Waals surface area contributed by atoms with E-state index in [1.807, 2.05) is 0 Å². The summed E-state index contributed by atoms with van der Waals surface area (Å²) in [7, 11) is 2.31. The van der Waals surface area contributed by atoms with Crippen molar-refractivity contribution in [3.05, 3.63) is 0 Å². The molecule has 4 fully saturated rings. The van der Waals surface area contributed by atoms with Crippen LogP contribution in [0, 0.1) is 35.5 Å². The summed E-state index contributed by atoms with van der Waals surface area (Å²) in [4.78, 5) is 16.3. The maximum atomic E-state index is 13.7. The first-order valence-electron chi connectivity index (χ1n) is 11.3. The second kappa shape index (κ2) is 7.33. The second-order valence-corrected chi connectivity index (χ2v) is 10.3. The van der Waals surface area contributed by atoms with E-state index in [0.717, 1.165) is 23.8 Å². The Bertz CT molecular complexity index is 488.